The number of hydrogen-bond acceptors (Lipinski definition) is 4. The fourth-order valence-electron chi connectivity index (χ4n) is 2.63. The molecule has 0 spiro atoms. The molecule has 0 radical (unpaired) electrons. The van der Waals surface area contributed by atoms with Gasteiger partial charge in [-0.2, -0.15) is 0 Å². The number of carbonyl (C=O) groups is 2. The molecule has 0 aromatic heterocycles. The Bertz CT molecular complexity index is 839. The van der Waals surface area contributed by atoms with Gasteiger partial charge in [-0.05, 0) is 43.2 Å². The van der Waals surface area contributed by atoms with Gasteiger partial charge in [0, 0.05) is 5.56 Å². The second-order valence-corrected chi connectivity index (χ2v) is 5.95. The van der Waals surface area contributed by atoms with Crippen LogP contribution in [0.3, 0.4) is 0 Å². The summed E-state index contributed by atoms with van der Waals surface area (Å²) >= 11 is 0. The number of ether oxygens (including phenoxy) is 1. The second-order valence-electron chi connectivity index (χ2n) is 5.95. The van der Waals surface area contributed by atoms with Crippen molar-refractivity contribution in [1.82, 2.24) is 0 Å². The zero-order valence-corrected chi connectivity index (χ0v) is 14.3. The number of nitrogens with zero attached hydrogens (tertiary/aromatic N) is 1. The highest BCUT2D eigenvalue weighted by Gasteiger charge is 2.26. The van der Waals surface area contributed by atoms with Crippen LogP contribution in [0.2, 0.25) is 0 Å². The van der Waals surface area contributed by atoms with E-state index in [0.29, 0.717) is 23.6 Å². The van der Waals surface area contributed by atoms with E-state index in [1.807, 2.05) is 32.0 Å². The molecule has 1 amide bonds. The Morgan fingerprint density at radius 2 is 1.92 bits per heavy atom. The fraction of sp³-hybridized carbons (Fsp3) is 0.250. The third kappa shape index (κ3) is 3.60. The molecule has 5 heteroatoms. The number of rotatable bonds is 5. The summed E-state index contributed by atoms with van der Waals surface area (Å²) in [5.74, 6) is -0.556. The van der Waals surface area contributed by atoms with E-state index < -0.39 is 0 Å². The molecule has 1 aliphatic rings. The normalized spacial score (nSPS) is 14.3. The smallest absolute Gasteiger partial charge is 0.338 e. The highest BCUT2D eigenvalue weighted by atomic mass is 16.5. The number of esters is 1. The highest BCUT2D eigenvalue weighted by Crippen LogP contribution is 2.28. The van der Waals surface area contributed by atoms with E-state index in [9.17, 15) is 9.59 Å². The van der Waals surface area contributed by atoms with Crippen LogP contribution in [0.25, 0.3) is 0 Å². The van der Waals surface area contributed by atoms with E-state index in [-0.39, 0.29) is 11.9 Å². The minimum atomic E-state index is -0.341. The lowest BCUT2D eigenvalue weighted by Crippen LogP contribution is -2.14. The molecular weight excluding hydrogens is 316 g/mol. The lowest BCUT2D eigenvalue weighted by molar-refractivity contribution is -0.110. The van der Waals surface area contributed by atoms with E-state index in [1.165, 1.54) is 0 Å². The number of benzene rings is 2. The Hall–Kier alpha value is -2.95. The van der Waals surface area contributed by atoms with E-state index in [1.54, 1.807) is 24.3 Å². The van der Waals surface area contributed by atoms with Crippen LogP contribution in [0.5, 0.6) is 0 Å². The van der Waals surface area contributed by atoms with Crippen LogP contribution in [-0.2, 0) is 9.53 Å². The molecule has 0 atom stereocenters. The van der Waals surface area contributed by atoms with Crippen LogP contribution < -0.4 is 5.32 Å². The molecule has 1 heterocycles. The summed E-state index contributed by atoms with van der Waals surface area (Å²) in [6, 6.07) is 12.5. The molecular formula is C20H20N2O3. The standard InChI is InChI=1S/C20H20N2O3/c1-3-4-12-25-20(24)14-8-10-15(11-9-14)21-18-16-7-5-6-13(2)17(16)22-19(18)23/h5-11H,3-4,12H2,1-2H3,(H,21,22,23). The average Bonchev–Trinajstić information content (AvgIpc) is 2.93. The van der Waals surface area contributed by atoms with Gasteiger partial charge in [0.25, 0.3) is 5.91 Å². The van der Waals surface area contributed by atoms with Crippen molar-refractivity contribution in [3.8, 4) is 0 Å². The van der Waals surface area contributed by atoms with Gasteiger partial charge in [-0.15, -0.1) is 0 Å². The van der Waals surface area contributed by atoms with Gasteiger partial charge < -0.3 is 10.1 Å². The van der Waals surface area contributed by atoms with Crippen LogP contribution in [0, 0.1) is 6.92 Å². The topological polar surface area (TPSA) is 67.8 Å². The molecule has 0 saturated carbocycles. The van der Waals surface area contributed by atoms with Crippen molar-refractivity contribution in [2.45, 2.75) is 26.7 Å². The molecule has 0 saturated heterocycles. The van der Waals surface area contributed by atoms with Crippen LogP contribution in [0.15, 0.2) is 47.5 Å². The minimum Gasteiger partial charge on any atom is -0.462 e. The van der Waals surface area contributed by atoms with Gasteiger partial charge in [0.2, 0.25) is 0 Å². The molecule has 0 aliphatic carbocycles. The zero-order chi connectivity index (χ0) is 17.8. The molecule has 0 fully saturated rings. The monoisotopic (exact) mass is 336 g/mol. The first-order chi connectivity index (χ1) is 12.1. The van der Waals surface area contributed by atoms with E-state index in [0.717, 1.165) is 29.7 Å². The van der Waals surface area contributed by atoms with E-state index in [4.69, 9.17) is 4.74 Å². The van der Waals surface area contributed by atoms with Crippen molar-refractivity contribution in [1.29, 1.82) is 0 Å². The molecule has 0 bridgehead atoms. The van der Waals surface area contributed by atoms with Crippen LogP contribution >= 0.6 is 0 Å². The number of carbonyl (C=O) groups excluding carboxylic acids is 2. The maximum Gasteiger partial charge on any atom is 0.338 e. The molecule has 0 unspecified atom stereocenters. The predicted octanol–water partition coefficient (Wildman–Crippen LogP) is 4.02. The van der Waals surface area contributed by atoms with E-state index >= 15 is 0 Å². The SMILES string of the molecule is CCCCOC(=O)c1ccc(N=C2C(=O)Nc3c(C)cccc32)cc1. The number of para-hydroxylation sites is 1. The minimum absolute atomic E-state index is 0.215. The first kappa shape index (κ1) is 16.9. The van der Waals surface area contributed by atoms with E-state index in [2.05, 4.69) is 10.3 Å². The maximum absolute atomic E-state index is 12.2. The molecule has 2 aromatic rings. The van der Waals surface area contributed by atoms with Crippen molar-refractivity contribution < 1.29 is 14.3 Å². The zero-order valence-electron chi connectivity index (χ0n) is 14.3. The maximum atomic E-state index is 12.2. The summed E-state index contributed by atoms with van der Waals surface area (Å²) < 4.78 is 5.18. The molecule has 1 aliphatic heterocycles. The number of anilines is 1. The number of nitrogens with one attached hydrogen (secondary N) is 1. The van der Waals surface area contributed by atoms with Crippen LogP contribution in [0.4, 0.5) is 11.4 Å². The van der Waals surface area contributed by atoms with Crippen LogP contribution in [-0.4, -0.2) is 24.2 Å². The Kier molecular flexibility index (Phi) is 4.93. The summed E-state index contributed by atoms with van der Waals surface area (Å²) in [6.07, 6.45) is 1.83. The van der Waals surface area contributed by atoms with Crippen molar-refractivity contribution >= 4 is 29.0 Å². The Morgan fingerprint density at radius 3 is 2.64 bits per heavy atom. The van der Waals surface area contributed by atoms with Crippen LogP contribution in [0.1, 0.15) is 41.3 Å². The summed E-state index contributed by atoms with van der Waals surface area (Å²) in [7, 11) is 0. The fourth-order valence-corrected chi connectivity index (χ4v) is 2.63. The summed E-state index contributed by atoms with van der Waals surface area (Å²) in [4.78, 5) is 28.5. The molecule has 3 rings (SSSR count). The van der Waals surface area contributed by atoms with Crippen molar-refractivity contribution in [3.63, 3.8) is 0 Å². The van der Waals surface area contributed by atoms with Crippen molar-refractivity contribution in [2.24, 2.45) is 4.99 Å². The Labute approximate surface area is 146 Å². The highest BCUT2D eigenvalue weighted by molar-refractivity contribution is 6.54. The quantitative estimate of drug-likeness (QED) is 0.662. The first-order valence-corrected chi connectivity index (χ1v) is 8.37. The molecule has 1 N–H and O–H groups in total. The number of aryl methyl sites for hydroxylation is 1. The summed E-state index contributed by atoms with van der Waals surface area (Å²) in [6.45, 7) is 4.41. The number of unbranched alkanes of at least 4 members (excludes halogenated alkanes) is 1. The van der Waals surface area contributed by atoms with Gasteiger partial charge in [0.05, 0.1) is 23.5 Å². The van der Waals surface area contributed by atoms with Gasteiger partial charge in [-0.3, -0.25) is 4.79 Å². The van der Waals surface area contributed by atoms with Gasteiger partial charge in [-0.25, -0.2) is 9.79 Å². The lowest BCUT2D eigenvalue weighted by atomic mass is 10.1. The Morgan fingerprint density at radius 1 is 1.16 bits per heavy atom. The first-order valence-electron chi connectivity index (χ1n) is 8.37. The molecule has 2 aromatic carbocycles. The van der Waals surface area contributed by atoms with Gasteiger partial charge in [-0.1, -0.05) is 31.5 Å². The molecule has 25 heavy (non-hydrogen) atoms. The number of aliphatic imine (C=N–C) groups is 1. The predicted molar refractivity (Wildman–Crippen MR) is 97.6 cm³/mol. The van der Waals surface area contributed by atoms with Gasteiger partial charge in [0.15, 0.2) is 0 Å². The summed E-state index contributed by atoms with van der Waals surface area (Å²) in [5, 5.41) is 2.85. The summed E-state index contributed by atoms with van der Waals surface area (Å²) in [5.41, 5.74) is 4.09. The van der Waals surface area contributed by atoms with Gasteiger partial charge >= 0.3 is 5.97 Å². The lowest BCUT2D eigenvalue weighted by Gasteiger charge is -2.04. The average molecular weight is 336 g/mol. The largest absolute Gasteiger partial charge is 0.462 e. The third-order valence-electron chi connectivity index (χ3n) is 4.06. The van der Waals surface area contributed by atoms with Crippen molar-refractivity contribution in [2.75, 3.05) is 11.9 Å². The second kappa shape index (κ2) is 7.30. The number of fused-ring (bicyclic) bond motifs is 1. The number of hydrogen-bond donors (Lipinski definition) is 1. The Balaban J connectivity index is 1.80. The molecule has 128 valence electrons. The third-order valence-corrected chi connectivity index (χ3v) is 4.06. The molecule has 5 nitrogen and oxygen atoms in total. The van der Waals surface area contributed by atoms with Crippen molar-refractivity contribution in [3.05, 3.63) is 59.2 Å². The van der Waals surface area contributed by atoms with Gasteiger partial charge in [0.1, 0.15) is 5.71 Å². The number of amides is 1.